The highest BCUT2D eigenvalue weighted by Gasteiger charge is 2.22. The second kappa shape index (κ2) is 13.9. The van der Waals surface area contributed by atoms with Crippen LogP contribution in [0.3, 0.4) is 0 Å². The molecule has 0 spiro atoms. The lowest BCUT2D eigenvalue weighted by Gasteiger charge is -2.34. The number of ether oxygens (including phenoxy) is 1. The summed E-state index contributed by atoms with van der Waals surface area (Å²) in [6, 6.07) is 0.345. The molecule has 1 unspecified atom stereocenters. The highest BCUT2D eigenvalue weighted by atomic mass is 16.5. The average molecular weight is 249 g/mol. The molecule has 2 N–H and O–H groups in total. The second-order valence-corrected chi connectivity index (χ2v) is 3.68. The number of nitrogens with zero attached hydrogens (tertiary/aromatic N) is 1. The fourth-order valence-corrected chi connectivity index (χ4v) is 1.58. The van der Waals surface area contributed by atoms with Crippen molar-refractivity contribution in [3.05, 3.63) is 0 Å². The highest BCUT2D eigenvalue weighted by molar-refractivity contribution is 4.75. The van der Waals surface area contributed by atoms with E-state index in [4.69, 9.17) is 14.9 Å². The Labute approximate surface area is 107 Å². The first-order chi connectivity index (χ1) is 8.27. The summed E-state index contributed by atoms with van der Waals surface area (Å²) in [5, 5.41) is 17.8. The molecule has 1 saturated heterocycles. The molecule has 0 radical (unpaired) electrons. The third-order valence-corrected chi connectivity index (χ3v) is 2.64. The number of hydrogen-bond donors (Lipinski definition) is 2. The molecule has 17 heavy (non-hydrogen) atoms. The van der Waals surface area contributed by atoms with Crippen LogP contribution in [0, 0.1) is 5.92 Å². The van der Waals surface area contributed by atoms with Crippen LogP contribution in [0.1, 0.15) is 34.1 Å². The van der Waals surface area contributed by atoms with Crippen molar-refractivity contribution >= 4 is 0 Å². The van der Waals surface area contributed by atoms with Gasteiger partial charge in [0.05, 0.1) is 13.2 Å². The van der Waals surface area contributed by atoms with E-state index in [1.54, 1.807) is 0 Å². The molecule has 0 aromatic rings. The van der Waals surface area contributed by atoms with Crippen molar-refractivity contribution in [3.63, 3.8) is 0 Å². The van der Waals surface area contributed by atoms with Gasteiger partial charge in [0.2, 0.25) is 0 Å². The second-order valence-electron chi connectivity index (χ2n) is 3.68. The minimum Gasteiger partial charge on any atom is -0.396 e. The molecule has 1 rings (SSSR count). The van der Waals surface area contributed by atoms with Gasteiger partial charge in [0.1, 0.15) is 0 Å². The lowest BCUT2D eigenvalue weighted by Crippen LogP contribution is -2.44. The van der Waals surface area contributed by atoms with Gasteiger partial charge in [-0.3, -0.25) is 4.90 Å². The predicted octanol–water partition coefficient (Wildman–Crippen LogP) is 1.36. The first kappa shape index (κ1) is 19.2. The molecule has 1 heterocycles. The third-order valence-electron chi connectivity index (χ3n) is 2.64. The zero-order valence-corrected chi connectivity index (χ0v) is 12.1. The van der Waals surface area contributed by atoms with Gasteiger partial charge in [-0.25, -0.2) is 0 Å². The molecule has 0 aliphatic carbocycles. The van der Waals surface area contributed by atoms with Gasteiger partial charge in [-0.1, -0.05) is 27.7 Å². The van der Waals surface area contributed by atoms with Crippen LogP contribution in [0.25, 0.3) is 0 Å². The summed E-state index contributed by atoms with van der Waals surface area (Å²) in [6.07, 6.45) is 0.809. The van der Waals surface area contributed by atoms with Gasteiger partial charge in [0.25, 0.3) is 0 Å². The van der Waals surface area contributed by atoms with E-state index in [2.05, 4.69) is 11.9 Å². The van der Waals surface area contributed by atoms with E-state index in [9.17, 15) is 0 Å². The zero-order chi connectivity index (χ0) is 13.7. The molecular formula is C13H31NO3. The summed E-state index contributed by atoms with van der Waals surface area (Å²) in [5.41, 5.74) is 0. The van der Waals surface area contributed by atoms with Crippen LogP contribution in [0.5, 0.6) is 0 Å². The highest BCUT2D eigenvalue weighted by Crippen LogP contribution is 2.13. The maximum atomic E-state index is 8.92. The summed E-state index contributed by atoms with van der Waals surface area (Å²) in [6.45, 7) is 10.6. The lowest BCUT2D eigenvalue weighted by atomic mass is 10.0. The molecule has 0 amide bonds. The van der Waals surface area contributed by atoms with Crippen LogP contribution >= 0.6 is 0 Å². The van der Waals surface area contributed by atoms with Crippen molar-refractivity contribution in [2.75, 3.05) is 40.0 Å². The Morgan fingerprint density at radius 2 is 1.71 bits per heavy atom. The fourth-order valence-electron chi connectivity index (χ4n) is 1.58. The smallest absolute Gasteiger partial charge is 0.0622 e. The van der Waals surface area contributed by atoms with Gasteiger partial charge in [0, 0.05) is 31.7 Å². The minimum absolute atomic E-state index is 0.00542. The van der Waals surface area contributed by atoms with E-state index in [1.807, 2.05) is 27.7 Å². The number of aliphatic hydroxyl groups excluding tert-OH is 2. The Kier molecular flexibility index (Phi) is 15.7. The Hall–Kier alpha value is -0.160. The van der Waals surface area contributed by atoms with E-state index in [0.717, 1.165) is 19.6 Å². The van der Waals surface area contributed by atoms with Gasteiger partial charge in [-0.2, -0.15) is 0 Å². The Bertz CT molecular complexity index is 141. The normalized spacial score (nSPS) is 20.1. The number of likely N-dealkylation sites (N-methyl/N-ethyl adjacent to an activating group) is 1. The summed E-state index contributed by atoms with van der Waals surface area (Å²) in [4.78, 5) is 2.22. The molecule has 0 aromatic carbocycles. The molecule has 0 saturated carbocycles. The third kappa shape index (κ3) is 8.55. The van der Waals surface area contributed by atoms with Crippen molar-refractivity contribution in [1.29, 1.82) is 0 Å². The Balaban J connectivity index is 0. The van der Waals surface area contributed by atoms with E-state index in [-0.39, 0.29) is 19.1 Å². The molecule has 1 fully saturated rings. The van der Waals surface area contributed by atoms with Crippen molar-refractivity contribution < 1.29 is 14.9 Å². The van der Waals surface area contributed by atoms with E-state index >= 15 is 0 Å². The molecule has 0 aromatic heterocycles. The predicted molar refractivity (Wildman–Crippen MR) is 72.2 cm³/mol. The quantitative estimate of drug-likeness (QED) is 0.790. The molecule has 4 nitrogen and oxygen atoms in total. The molecule has 1 atom stereocenters. The van der Waals surface area contributed by atoms with Crippen LogP contribution in [0.15, 0.2) is 0 Å². The number of morpholine rings is 1. The number of rotatable bonds is 4. The van der Waals surface area contributed by atoms with E-state index < -0.39 is 0 Å². The molecular weight excluding hydrogens is 218 g/mol. The minimum atomic E-state index is -0.00542. The largest absolute Gasteiger partial charge is 0.396 e. The van der Waals surface area contributed by atoms with Gasteiger partial charge in [-0.05, 0) is 13.5 Å². The molecule has 4 heteroatoms. The number of hydrogen-bond acceptors (Lipinski definition) is 4. The van der Waals surface area contributed by atoms with Crippen molar-refractivity contribution in [1.82, 2.24) is 4.90 Å². The summed E-state index contributed by atoms with van der Waals surface area (Å²) in [7, 11) is 2.05. The molecule has 106 valence electrons. The molecule has 1 aliphatic heterocycles. The zero-order valence-electron chi connectivity index (χ0n) is 12.1. The first-order valence-electron chi connectivity index (χ1n) is 6.77. The Morgan fingerprint density at radius 1 is 1.18 bits per heavy atom. The Morgan fingerprint density at radius 3 is 2.12 bits per heavy atom. The van der Waals surface area contributed by atoms with Crippen LogP contribution in [-0.2, 0) is 4.74 Å². The van der Waals surface area contributed by atoms with Crippen molar-refractivity contribution in [3.8, 4) is 0 Å². The van der Waals surface area contributed by atoms with E-state index in [0.29, 0.717) is 12.6 Å². The van der Waals surface area contributed by atoms with Crippen LogP contribution in [0.2, 0.25) is 0 Å². The van der Waals surface area contributed by atoms with Crippen LogP contribution < -0.4 is 0 Å². The van der Waals surface area contributed by atoms with Crippen molar-refractivity contribution in [2.24, 2.45) is 5.92 Å². The SMILES string of the molecule is CC.CC.CN1CCOCC1CC(CO)CO. The summed E-state index contributed by atoms with van der Waals surface area (Å²) < 4.78 is 5.34. The first-order valence-corrected chi connectivity index (χ1v) is 6.77. The monoisotopic (exact) mass is 249 g/mol. The standard InChI is InChI=1S/C9H19NO3.2C2H6/c1-10-2-3-13-7-9(10)4-8(5-11)6-12;2*1-2/h8-9,11-12H,2-7H2,1H3;2*1-2H3. The van der Waals surface area contributed by atoms with Gasteiger partial charge >= 0.3 is 0 Å². The fraction of sp³-hybridized carbons (Fsp3) is 1.00. The van der Waals surface area contributed by atoms with E-state index in [1.165, 1.54) is 0 Å². The average Bonchev–Trinajstić information content (AvgIpc) is 2.42. The van der Waals surface area contributed by atoms with Gasteiger partial charge < -0.3 is 14.9 Å². The topological polar surface area (TPSA) is 52.9 Å². The van der Waals surface area contributed by atoms with Gasteiger partial charge in [-0.15, -0.1) is 0 Å². The maximum absolute atomic E-state index is 8.92. The van der Waals surface area contributed by atoms with Crippen molar-refractivity contribution in [2.45, 2.75) is 40.2 Å². The lowest BCUT2D eigenvalue weighted by molar-refractivity contribution is -0.0106. The summed E-state index contributed by atoms with van der Waals surface area (Å²) in [5.74, 6) is -0.00542. The molecule has 1 aliphatic rings. The molecule has 0 bridgehead atoms. The number of aliphatic hydroxyl groups is 2. The summed E-state index contributed by atoms with van der Waals surface area (Å²) >= 11 is 0. The van der Waals surface area contributed by atoms with Gasteiger partial charge in [0.15, 0.2) is 0 Å². The van der Waals surface area contributed by atoms with Crippen LogP contribution in [0.4, 0.5) is 0 Å². The van der Waals surface area contributed by atoms with Crippen LogP contribution in [-0.4, -0.2) is 61.2 Å². The maximum Gasteiger partial charge on any atom is 0.0622 e.